The normalized spacial score (nSPS) is 12.3. The average molecular weight is 392 g/mol. The molecule has 1 aromatic carbocycles. The second kappa shape index (κ2) is 12.6. The van der Waals surface area contributed by atoms with Gasteiger partial charge >= 0.3 is 37.9 Å². The second-order valence-corrected chi connectivity index (χ2v) is 7.92. The molecule has 2 nitrogen and oxygen atoms in total. The molecule has 1 N–H and O–H groups in total. The minimum absolute atomic E-state index is 0. The third-order valence-electron chi connectivity index (χ3n) is 2.86. The van der Waals surface area contributed by atoms with Gasteiger partial charge in [0.1, 0.15) is 11.3 Å². The first kappa shape index (κ1) is 19.9. The minimum atomic E-state index is -0.826. The monoisotopic (exact) mass is 390 g/mol. The molecule has 3 rings (SSSR count). The third kappa shape index (κ3) is 7.62. The second-order valence-electron chi connectivity index (χ2n) is 4.19. The van der Waals surface area contributed by atoms with Crippen LogP contribution in [0.3, 0.4) is 0 Å². The Hall–Kier alpha value is -0.107. The van der Waals surface area contributed by atoms with Gasteiger partial charge in [-0.3, -0.25) is 4.98 Å². The van der Waals surface area contributed by atoms with Crippen LogP contribution in [0, 0.1) is 7.43 Å². The van der Waals surface area contributed by atoms with Crippen molar-refractivity contribution in [2.45, 2.75) is 32.1 Å². The van der Waals surface area contributed by atoms with Crippen molar-refractivity contribution >= 4 is 27.9 Å². The van der Waals surface area contributed by atoms with Crippen LogP contribution in [0.2, 0.25) is 0 Å². The molecule has 0 saturated heterocycles. The van der Waals surface area contributed by atoms with Crippen LogP contribution in [0.15, 0.2) is 36.5 Å². The fraction of sp³-hybridized carbons (Fsp3) is 0.333. The summed E-state index contributed by atoms with van der Waals surface area (Å²) in [6, 6.07) is 9.13. The van der Waals surface area contributed by atoms with E-state index in [9.17, 15) is 5.11 Å². The van der Waals surface area contributed by atoms with Crippen molar-refractivity contribution in [3.63, 3.8) is 0 Å². The van der Waals surface area contributed by atoms with Gasteiger partial charge in [-0.25, -0.2) is 0 Å². The fourth-order valence-corrected chi connectivity index (χ4v) is 1.97. The molecule has 1 saturated carbocycles. The quantitative estimate of drug-likeness (QED) is 0.582. The number of nitrogens with zero attached hydrogens (tertiary/aromatic N) is 1. The Kier molecular flexibility index (Phi) is 12.6. The van der Waals surface area contributed by atoms with Crippen molar-refractivity contribution in [2.24, 2.45) is 0 Å². The molecule has 0 atom stereocenters. The molecule has 0 radical (unpaired) electrons. The van der Waals surface area contributed by atoms with Crippen molar-refractivity contribution < 1.29 is 26.0 Å². The Morgan fingerprint density at radius 2 is 1.45 bits per heavy atom. The molecule has 1 aliphatic carbocycles. The number of aromatic hydroxyl groups is 1. The summed E-state index contributed by atoms with van der Waals surface area (Å²) >= 11 is -0.826. The summed E-state index contributed by atoms with van der Waals surface area (Å²) in [5, 5.41) is 10.3. The van der Waals surface area contributed by atoms with Crippen LogP contribution in [-0.2, 0) is 20.8 Å². The number of benzene rings is 1. The van der Waals surface area contributed by atoms with E-state index >= 15 is 0 Å². The Morgan fingerprint density at radius 1 is 0.950 bits per heavy atom. The third-order valence-corrected chi connectivity index (χ3v) is 2.86. The van der Waals surface area contributed by atoms with Gasteiger partial charge in [0.05, 0.1) is 0 Å². The molecule has 1 fully saturated rings. The van der Waals surface area contributed by atoms with Crippen molar-refractivity contribution in [3.05, 3.63) is 44.0 Å². The van der Waals surface area contributed by atoms with Gasteiger partial charge in [-0.2, -0.15) is 0 Å². The van der Waals surface area contributed by atoms with E-state index in [0.717, 1.165) is 5.39 Å². The molecule has 0 unspecified atom stereocenters. The topological polar surface area (TPSA) is 33.1 Å². The van der Waals surface area contributed by atoms with E-state index in [4.69, 9.17) is 17.0 Å². The summed E-state index contributed by atoms with van der Waals surface area (Å²) in [5.41, 5.74) is 0.662. The van der Waals surface area contributed by atoms with Gasteiger partial charge in [0.15, 0.2) is 0 Å². The zero-order valence-electron chi connectivity index (χ0n) is 11.6. The van der Waals surface area contributed by atoms with Gasteiger partial charge in [0.2, 0.25) is 0 Å². The van der Waals surface area contributed by atoms with Gasteiger partial charge in [-0.05, 0) is 12.1 Å². The number of hydrogen-bond donors (Lipinski definition) is 1. The zero-order valence-corrected chi connectivity index (χ0v) is 15.6. The number of rotatable bonds is 0. The Balaban J connectivity index is 0.000000339. The summed E-state index contributed by atoms with van der Waals surface area (Å²) in [4.78, 5) is 4.03. The number of hydrogen-bond acceptors (Lipinski definition) is 2. The molecule has 0 aliphatic heterocycles. The molecule has 5 heteroatoms. The maximum absolute atomic E-state index is 9.31. The number of pyridine rings is 1. The molecular weight excluding hydrogens is 372 g/mol. The molecular formula is C15H20Cl2NOZr-. The maximum atomic E-state index is 9.31. The Morgan fingerprint density at radius 3 is 1.95 bits per heavy atom. The van der Waals surface area contributed by atoms with Crippen LogP contribution in [-0.4, -0.2) is 10.1 Å². The van der Waals surface area contributed by atoms with Crippen LogP contribution in [0.25, 0.3) is 10.9 Å². The van der Waals surface area contributed by atoms with Crippen LogP contribution < -0.4 is 0 Å². The molecule has 2 aromatic rings. The summed E-state index contributed by atoms with van der Waals surface area (Å²) < 4.78 is 0. The number of para-hydroxylation sites is 1. The van der Waals surface area contributed by atoms with E-state index in [1.165, 1.54) is 32.1 Å². The van der Waals surface area contributed by atoms with Crippen LogP contribution >= 0.6 is 17.0 Å². The first-order valence-electron chi connectivity index (χ1n) is 6.28. The van der Waals surface area contributed by atoms with E-state index in [-0.39, 0.29) is 13.2 Å². The SMILES string of the molecule is C1CCCC1.Oc1cccc2cccnc12.[CH3-].[Cl][Zr][Cl]. The van der Waals surface area contributed by atoms with Gasteiger partial charge in [-0.15, -0.1) is 0 Å². The zero-order chi connectivity index (χ0) is 13.9. The van der Waals surface area contributed by atoms with Crippen molar-refractivity contribution in [2.75, 3.05) is 0 Å². The molecule has 0 amide bonds. The Labute approximate surface area is 140 Å². The first-order chi connectivity index (χ1) is 9.29. The van der Waals surface area contributed by atoms with E-state index in [1.54, 1.807) is 18.3 Å². The summed E-state index contributed by atoms with van der Waals surface area (Å²) in [7, 11) is 9.87. The Bertz CT molecular complexity index is 465. The van der Waals surface area contributed by atoms with Gasteiger partial charge in [0, 0.05) is 11.6 Å². The average Bonchev–Trinajstić information content (AvgIpc) is 2.99. The predicted molar refractivity (Wildman–Crippen MR) is 84.6 cm³/mol. The van der Waals surface area contributed by atoms with Gasteiger partial charge < -0.3 is 12.5 Å². The van der Waals surface area contributed by atoms with E-state index in [0.29, 0.717) is 5.52 Å². The molecule has 110 valence electrons. The molecule has 0 spiro atoms. The molecule has 1 aromatic heterocycles. The summed E-state index contributed by atoms with van der Waals surface area (Å²) in [6.07, 6.45) is 9.17. The van der Waals surface area contributed by atoms with Crippen molar-refractivity contribution in [1.82, 2.24) is 4.98 Å². The number of fused-ring (bicyclic) bond motifs is 1. The van der Waals surface area contributed by atoms with Crippen molar-refractivity contribution in [3.8, 4) is 5.75 Å². The standard InChI is InChI=1S/C9H7NO.C5H10.CH3.2ClH.Zr/c11-8-5-1-3-7-4-2-6-10-9(7)8;1-2-4-5-3-1;;;;/h1-6,11H;1-5H2;1H3;2*1H;/q;;-1;;;+2/p-2. The van der Waals surface area contributed by atoms with Crippen LogP contribution in [0.1, 0.15) is 32.1 Å². The van der Waals surface area contributed by atoms with Crippen LogP contribution in [0.5, 0.6) is 5.75 Å². The van der Waals surface area contributed by atoms with Gasteiger partial charge in [0.25, 0.3) is 0 Å². The van der Waals surface area contributed by atoms with Crippen LogP contribution in [0.4, 0.5) is 0 Å². The number of halogens is 2. The predicted octanol–water partition coefficient (Wildman–Crippen LogP) is 5.72. The summed E-state index contributed by atoms with van der Waals surface area (Å²) in [6.45, 7) is 0. The van der Waals surface area contributed by atoms with E-state index < -0.39 is 20.8 Å². The number of phenolic OH excluding ortho intramolecular Hbond substituents is 1. The number of phenols is 1. The van der Waals surface area contributed by atoms with E-state index in [2.05, 4.69) is 4.98 Å². The molecule has 1 heterocycles. The van der Waals surface area contributed by atoms with Crippen molar-refractivity contribution in [1.29, 1.82) is 0 Å². The molecule has 20 heavy (non-hydrogen) atoms. The van der Waals surface area contributed by atoms with Gasteiger partial charge in [-0.1, -0.05) is 50.3 Å². The van der Waals surface area contributed by atoms with E-state index in [1.807, 2.05) is 18.2 Å². The number of aromatic nitrogens is 1. The molecule has 0 bridgehead atoms. The molecule has 1 aliphatic rings. The summed E-state index contributed by atoms with van der Waals surface area (Å²) in [5.74, 6) is 0.239. The fourth-order valence-electron chi connectivity index (χ4n) is 1.97. The first-order valence-corrected chi connectivity index (χ1v) is 12.6.